The molecule has 0 unspecified atom stereocenters. The summed E-state index contributed by atoms with van der Waals surface area (Å²) < 4.78 is 41.5. The van der Waals surface area contributed by atoms with Crippen molar-refractivity contribution in [3.05, 3.63) is 30.0 Å². The lowest BCUT2D eigenvalue weighted by Crippen LogP contribution is -2.30. The van der Waals surface area contributed by atoms with Crippen molar-refractivity contribution in [2.24, 2.45) is 5.41 Å². The number of carbonyl (C=O) groups is 1. The number of aryl methyl sites for hydroxylation is 1. The maximum atomic E-state index is 12.5. The van der Waals surface area contributed by atoms with E-state index >= 15 is 0 Å². The highest BCUT2D eigenvalue weighted by Gasteiger charge is 2.38. The Bertz CT molecular complexity index is 785. The molecule has 10 heteroatoms. The summed E-state index contributed by atoms with van der Waals surface area (Å²) in [5.41, 5.74) is -0.0376. The summed E-state index contributed by atoms with van der Waals surface area (Å²) in [5.74, 6) is -0.684. The third kappa shape index (κ3) is 5.93. The number of nitrogens with zero attached hydrogens (tertiary/aromatic N) is 4. The van der Waals surface area contributed by atoms with E-state index in [1.165, 1.54) is 0 Å². The predicted octanol–water partition coefficient (Wildman–Crippen LogP) is 3.93. The molecule has 0 aliphatic heterocycles. The molecule has 1 amide bonds. The topological polar surface area (TPSA) is 84.2 Å². The Morgan fingerprint density at radius 2 is 1.93 bits per heavy atom. The van der Waals surface area contributed by atoms with Crippen molar-refractivity contribution in [1.29, 1.82) is 0 Å². The third-order valence-electron chi connectivity index (χ3n) is 4.24. The predicted molar refractivity (Wildman–Crippen MR) is 97.8 cm³/mol. The fraction of sp³-hybridized carbons (Fsp3) is 0.556. The Kier molecular flexibility index (Phi) is 6.63. The van der Waals surface area contributed by atoms with Crippen LogP contribution in [0.1, 0.15) is 44.8 Å². The van der Waals surface area contributed by atoms with Crippen LogP contribution >= 0.6 is 0 Å². The molecule has 2 heterocycles. The van der Waals surface area contributed by atoms with Gasteiger partial charge in [-0.25, -0.2) is 4.98 Å². The number of hydrogen-bond donors (Lipinski definition) is 1. The van der Waals surface area contributed by atoms with Crippen molar-refractivity contribution in [2.75, 3.05) is 24.3 Å². The molecule has 154 valence electrons. The molecule has 0 aliphatic carbocycles. The molecule has 28 heavy (non-hydrogen) atoms. The van der Waals surface area contributed by atoms with Gasteiger partial charge in [0.05, 0.1) is 11.9 Å². The van der Waals surface area contributed by atoms with Gasteiger partial charge in [0.15, 0.2) is 5.82 Å². The van der Waals surface area contributed by atoms with Crippen LogP contribution in [0.5, 0.6) is 0 Å². The molecular weight excluding hydrogens is 375 g/mol. The second-order valence-electron chi connectivity index (χ2n) is 7.36. The Hall–Kier alpha value is -2.65. The standard InChI is InChI=1S/C18H24F3N5O2/c1-17(2,15(27)23-12-8-9-14(22-11-12)26(3)4)10-6-5-7-13-24-16(28-25-13)18(19,20)21/h8-9,11H,5-7,10H2,1-4H3,(H,23,27). The number of hydrogen-bond acceptors (Lipinski definition) is 6. The number of rotatable bonds is 8. The number of amides is 1. The molecule has 0 aromatic carbocycles. The van der Waals surface area contributed by atoms with Crippen LogP contribution in [-0.4, -0.2) is 35.1 Å². The lowest BCUT2D eigenvalue weighted by Gasteiger charge is -2.23. The molecule has 0 radical (unpaired) electrons. The molecule has 2 aromatic heterocycles. The first-order valence-corrected chi connectivity index (χ1v) is 8.83. The van der Waals surface area contributed by atoms with Crippen LogP contribution in [0.25, 0.3) is 0 Å². The van der Waals surface area contributed by atoms with Crippen LogP contribution < -0.4 is 10.2 Å². The monoisotopic (exact) mass is 399 g/mol. The number of unbranched alkanes of at least 4 members (excludes halogenated alkanes) is 1. The van der Waals surface area contributed by atoms with Crippen molar-refractivity contribution < 1.29 is 22.5 Å². The average molecular weight is 399 g/mol. The van der Waals surface area contributed by atoms with Gasteiger partial charge in [-0.1, -0.05) is 25.4 Å². The fourth-order valence-corrected chi connectivity index (χ4v) is 2.46. The Balaban J connectivity index is 1.80. The van der Waals surface area contributed by atoms with E-state index < -0.39 is 17.5 Å². The summed E-state index contributed by atoms with van der Waals surface area (Å²) in [6.07, 6.45) is -1.04. The molecule has 7 nitrogen and oxygen atoms in total. The molecule has 0 saturated heterocycles. The van der Waals surface area contributed by atoms with Gasteiger partial charge >= 0.3 is 12.1 Å². The SMILES string of the molecule is CN(C)c1ccc(NC(=O)C(C)(C)CCCCc2noc(C(F)(F)F)n2)cn1. The normalized spacial score (nSPS) is 12.1. The molecule has 0 atom stereocenters. The molecular formula is C18H24F3N5O2. The Labute approximate surface area is 161 Å². The number of alkyl halides is 3. The van der Waals surface area contributed by atoms with Gasteiger partial charge < -0.3 is 14.7 Å². The second kappa shape index (κ2) is 8.57. The molecule has 0 aliphatic rings. The summed E-state index contributed by atoms with van der Waals surface area (Å²) in [4.78, 5) is 22.0. The highest BCUT2D eigenvalue weighted by molar-refractivity contribution is 5.94. The minimum absolute atomic E-state index is 0.0154. The summed E-state index contributed by atoms with van der Waals surface area (Å²) in [6.45, 7) is 3.64. The van der Waals surface area contributed by atoms with Gasteiger partial charge in [-0.3, -0.25) is 4.79 Å². The molecule has 0 saturated carbocycles. The van der Waals surface area contributed by atoms with Gasteiger partial charge in [0.1, 0.15) is 5.82 Å². The average Bonchev–Trinajstić information content (AvgIpc) is 3.08. The maximum Gasteiger partial charge on any atom is 0.471 e. The first-order chi connectivity index (χ1) is 13.0. The lowest BCUT2D eigenvalue weighted by molar-refractivity contribution is -0.159. The molecule has 2 rings (SSSR count). The van der Waals surface area contributed by atoms with Gasteiger partial charge in [0.25, 0.3) is 0 Å². The van der Waals surface area contributed by atoms with E-state index in [0.29, 0.717) is 24.9 Å². The van der Waals surface area contributed by atoms with Crippen LogP contribution in [0.3, 0.4) is 0 Å². The first kappa shape index (κ1) is 21.6. The number of anilines is 2. The zero-order valence-corrected chi connectivity index (χ0v) is 16.3. The summed E-state index contributed by atoms with van der Waals surface area (Å²) >= 11 is 0. The highest BCUT2D eigenvalue weighted by Crippen LogP contribution is 2.28. The van der Waals surface area contributed by atoms with Crippen LogP contribution in [0.2, 0.25) is 0 Å². The van der Waals surface area contributed by atoms with E-state index in [9.17, 15) is 18.0 Å². The fourth-order valence-electron chi connectivity index (χ4n) is 2.46. The van der Waals surface area contributed by atoms with E-state index in [0.717, 1.165) is 5.82 Å². The van der Waals surface area contributed by atoms with E-state index in [-0.39, 0.29) is 18.2 Å². The highest BCUT2D eigenvalue weighted by atomic mass is 19.4. The number of nitrogens with one attached hydrogen (secondary N) is 1. The van der Waals surface area contributed by atoms with E-state index in [2.05, 4.69) is 25.0 Å². The minimum Gasteiger partial charge on any atom is -0.363 e. The van der Waals surface area contributed by atoms with E-state index in [1.54, 1.807) is 12.3 Å². The molecule has 0 bridgehead atoms. The molecule has 1 N–H and O–H groups in total. The molecule has 0 spiro atoms. The molecule has 2 aromatic rings. The zero-order chi connectivity index (χ0) is 20.9. The largest absolute Gasteiger partial charge is 0.471 e. The first-order valence-electron chi connectivity index (χ1n) is 8.83. The van der Waals surface area contributed by atoms with Crippen LogP contribution in [0, 0.1) is 5.41 Å². The van der Waals surface area contributed by atoms with Crippen molar-refractivity contribution in [3.63, 3.8) is 0 Å². The minimum atomic E-state index is -4.63. The Morgan fingerprint density at radius 1 is 1.21 bits per heavy atom. The van der Waals surface area contributed by atoms with Gasteiger partial charge in [0, 0.05) is 25.9 Å². The van der Waals surface area contributed by atoms with Crippen LogP contribution in [0.4, 0.5) is 24.7 Å². The van der Waals surface area contributed by atoms with Crippen molar-refractivity contribution in [1.82, 2.24) is 15.1 Å². The summed E-state index contributed by atoms with van der Waals surface area (Å²) in [7, 11) is 3.75. The second-order valence-corrected chi connectivity index (χ2v) is 7.36. The van der Waals surface area contributed by atoms with Crippen molar-refractivity contribution in [2.45, 2.75) is 45.7 Å². The quantitative estimate of drug-likeness (QED) is 0.677. The summed E-state index contributed by atoms with van der Waals surface area (Å²) in [5, 5.41) is 6.17. The third-order valence-corrected chi connectivity index (χ3v) is 4.24. The maximum absolute atomic E-state index is 12.5. The van der Waals surface area contributed by atoms with Crippen LogP contribution in [0.15, 0.2) is 22.9 Å². The van der Waals surface area contributed by atoms with Gasteiger partial charge in [0.2, 0.25) is 5.91 Å². The van der Waals surface area contributed by atoms with Crippen molar-refractivity contribution in [3.8, 4) is 0 Å². The van der Waals surface area contributed by atoms with Gasteiger partial charge in [-0.15, -0.1) is 0 Å². The van der Waals surface area contributed by atoms with Gasteiger partial charge in [-0.05, 0) is 25.0 Å². The van der Waals surface area contributed by atoms with Gasteiger partial charge in [-0.2, -0.15) is 18.2 Å². The molecule has 0 fully saturated rings. The van der Waals surface area contributed by atoms with E-state index in [4.69, 9.17) is 0 Å². The smallest absolute Gasteiger partial charge is 0.363 e. The van der Waals surface area contributed by atoms with Crippen LogP contribution in [-0.2, 0) is 17.4 Å². The van der Waals surface area contributed by atoms with Crippen molar-refractivity contribution >= 4 is 17.4 Å². The number of pyridine rings is 1. The summed E-state index contributed by atoms with van der Waals surface area (Å²) in [6, 6.07) is 3.59. The van der Waals surface area contributed by atoms with E-state index in [1.807, 2.05) is 38.9 Å². The zero-order valence-electron chi connectivity index (χ0n) is 16.3. The number of carbonyl (C=O) groups excluding carboxylic acids is 1. The lowest BCUT2D eigenvalue weighted by atomic mass is 9.86. The number of aromatic nitrogens is 3. The number of halogens is 3. The Morgan fingerprint density at radius 3 is 2.46 bits per heavy atom.